The van der Waals surface area contributed by atoms with Gasteiger partial charge in [-0.05, 0) is 49.4 Å². The fraction of sp³-hybridized carbons (Fsp3) is 0.571. The summed E-state index contributed by atoms with van der Waals surface area (Å²) < 4.78 is 28.4. The fourth-order valence-corrected chi connectivity index (χ4v) is 5.80. The molecule has 1 aromatic rings. The summed E-state index contributed by atoms with van der Waals surface area (Å²) in [6, 6.07) is 3.77. The van der Waals surface area contributed by atoms with Gasteiger partial charge >= 0.3 is 0 Å². The number of thioether (sulfide) groups is 1. The van der Waals surface area contributed by atoms with Gasteiger partial charge in [0, 0.05) is 29.9 Å². The molecule has 1 aliphatic rings. The highest BCUT2D eigenvalue weighted by atomic mass is 79.9. The van der Waals surface area contributed by atoms with Crippen LogP contribution in [0.4, 0.5) is 0 Å². The van der Waals surface area contributed by atoms with Gasteiger partial charge in [-0.15, -0.1) is 0 Å². The molecule has 7 heteroatoms. The summed E-state index contributed by atoms with van der Waals surface area (Å²) in [6.45, 7) is 3.72. The van der Waals surface area contributed by atoms with Crippen LogP contribution >= 0.6 is 27.7 Å². The first-order chi connectivity index (χ1) is 9.96. The summed E-state index contributed by atoms with van der Waals surface area (Å²) >= 11 is 5.31. The second-order valence-corrected chi connectivity index (χ2v) is 9.09. The zero-order valence-corrected chi connectivity index (χ0v) is 15.6. The van der Waals surface area contributed by atoms with Crippen LogP contribution in [-0.4, -0.2) is 44.4 Å². The summed E-state index contributed by atoms with van der Waals surface area (Å²) in [7, 11) is -1.56. The molecule has 0 aliphatic carbocycles. The predicted molar refractivity (Wildman–Crippen MR) is 92.3 cm³/mol. The number of rotatable bonds is 4. The van der Waals surface area contributed by atoms with Crippen LogP contribution in [0.25, 0.3) is 0 Å². The van der Waals surface area contributed by atoms with E-state index in [2.05, 4.69) is 21.2 Å². The number of hydrogen-bond donors (Lipinski definition) is 1. The monoisotopic (exact) mass is 392 g/mol. The fourth-order valence-electron chi connectivity index (χ4n) is 2.38. The highest BCUT2D eigenvalue weighted by Crippen LogP contribution is 2.29. The normalized spacial score (nSPS) is 17.7. The van der Waals surface area contributed by atoms with Crippen molar-refractivity contribution in [1.82, 2.24) is 9.62 Å². The van der Waals surface area contributed by atoms with E-state index in [1.54, 1.807) is 10.4 Å². The number of halogens is 1. The van der Waals surface area contributed by atoms with E-state index >= 15 is 0 Å². The third-order valence-corrected chi connectivity index (χ3v) is 7.43. The van der Waals surface area contributed by atoms with E-state index < -0.39 is 10.0 Å². The average Bonchev–Trinajstić information content (AvgIpc) is 2.72. The lowest BCUT2D eigenvalue weighted by Gasteiger charge is -2.22. The van der Waals surface area contributed by atoms with Crippen LogP contribution in [0.5, 0.6) is 0 Å². The van der Waals surface area contributed by atoms with Crippen molar-refractivity contribution in [3.63, 3.8) is 0 Å². The largest absolute Gasteiger partial charge is 0.316 e. The van der Waals surface area contributed by atoms with E-state index in [4.69, 9.17) is 0 Å². The highest BCUT2D eigenvalue weighted by Gasteiger charge is 2.27. The van der Waals surface area contributed by atoms with Crippen LogP contribution in [0, 0.1) is 6.92 Å². The maximum absolute atomic E-state index is 12.9. The molecule has 1 fully saturated rings. The van der Waals surface area contributed by atoms with Gasteiger partial charge in [0.25, 0.3) is 0 Å². The molecule has 2 rings (SSSR count). The Kier molecular flexibility index (Phi) is 6.14. The Morgan fingerprint density at radius 1 is 1.33 bits per heavy atom. The van der Waals surface area contributed by atoms with E-state index in [9.17, 15) is 8.42 Å². The molecular formula is C14H21BrN2O2S2. The summed E-state index contributed by atoms with van der Waals surface area (Å²) in [4.78, 5) is 0.425. The van der Waals surface area contributed by atoms with Crippen molar-refractivity contribution in [1.29, 1.82) is 0 Å². The van der Waals surface area contributed by atoms with E-state index in [1.807, 2.05) is 31.8 Å². The molecule has 1 aromatic carbocycles. The Hall–Kier alpha value is -0.0800. The zero-order chi connectivity index (χ0) is 15.5. The lowest BCUT2D eigenvalue weighted by atomic mass is 10.1. The molecule has 1 N–H and O–H groups in total. The first-order valence-corrected chi connectivity index (χ1v) is 10.4. The highest BCUT2D eigenvalue weighted by molar-refractivity contribution is 9.10. The van der Waals surface area contributed by atoms with Crippen molar-refractivity contribution < 1.29 is 8.42 Å². The molecule has 0 unspecified atom stereocenters. The van der Waals surface area contributed by atoms with Crippen molar-refractivity contribution in [2.75, 3.05) is 31.6 Å². The Balaban J connectivity index is 2.42. The summed E-state index contributed by atoms with van der Waals surface area (Å²) in [6.07, 6.45) is 0.917. The molecule has 118 valence electrons. The molecule has 4 nitrogen and oxygen atoms in total. The maximum Gasteiger partial charge on any atom is 0.243 e. The molecule has 0 bridgehead atoms. The van der Waals surface area contributed by atoms with Gasteiger partial charge in [0.15, 0.2) is 0 Å². The van der Waals surface area contributed by atoms with Gasteiger partial charge in [0.05, 0.1) is 4.90 Å². The smallest absolute Gasteiger partial charge is 0.243 e. The minimum absolute atomic E-state index is 0.425. The first-order valence-electron chi connectivity index (χ1n) is 6.98. The molecule has 0 amide bonds. The minimum atomic E-state index is -3.42. The molecule has 21 heavy (non-hydrogen) atoms. The van der Waals surface area contributed by atoms with Crippen LogP contribution in [0.15, 0.2) is 21.5 Å². The molecule has 0 spiro atoms. The molecular weight excluding hydrogens is 372 g/mol. The van der Waals surface area contributed by atoms with Gasteiger partial charge in [-0.1, -0.05) is 15.9 Å². The van der Waals surface area contributed by atoms with Crippen molar-refractivity contribution >= 4 is 37.7 Å². The minimum Gasteiger partial charge on any atom is -0.316 e. The van der Waals surface area contributed by atoms with Crippen LogP contribution in [0.1, 0.15) is 17.5 Å². The summed E-state index contributed by atoms with van der Waals surface area (Å²) in [5, 5.41) is 3.07. The molecule has 0 radical (unpaired) electrons. The Bertz CT molecular complexity index is 597. The standard InChI is InChI=1S/C14H21BrN2O2S2/c1-11-13(15)8-12(10-16-2)9-14(11)21(18,19)17-4-3-6-20-7-5-17/h8-9,16H,3-7,10H2,1-2H3. The van der Waals surface area contributed by atoms with E-state index in [0.717, 1.165) is 33.5 Å². The Morgan fingerprint density at radius 3 is 2.81 bits per heavy atom. The lowest BCUT2D eigenvalue weighted by Crippen LogP contribution is -2.33. The second-order valence-electron chi connectivity index (χ2n) is 5.10. The third-order valence-electron chi connectivity index (χ3n) is 3.54. The number of hydrogen-bond acceptors (Lipinski definition) is 4. The quantitative estimate of drug-likeness (QED) is 0.855. The van der Waals surface area contributed by atoms with Crippen molar-refractivity contribution in [3.8, 4) is 0 Å². The zero-order valence-electron chi connectivity index (χ0n) is 12.4. The molecule has 1 heterocycles. The molecule has 1 aliphatic heterocycles. The SMILES string of the molecule is CNCc1cc(Br)c(C)c(S(=O)(=O)N2CCCSCC2)c1. The van der Waals surface area contributed by atoms with E-state index in [0.29, 0.717) is 24.5 Å². The molecule has 0 saturated carbocycles. The second kappa shape index (κ2) is 7.46. The van der Waals surface area contributed by atoms with Gasteiger partial charge in [-0.3, -0.25) is 0 Å². The number of nitrogens with one attached hydrogen (secondary N) is 1. The van der Waals surface area contributed by atoms with Crippen molar-refractivity contribution in [3.05, 3.63) is 27.7 Å². The van der Waals surface area contributed by atoms with Crippen LogP contribution < -0.4 is 5.32 Å². The summed E-state index contributed by atoms with van der Waals surface area (Å²) in [5.41, 5.74) is 1.75. The van der Waals surface area contributed by atoms with Crippen molar-refractivity contribution in [2.24, 2.45) is 0 Å². The molecule has 0 atom stereocenters. The van der Waals surface area contributed by atoms with Gasteiger partial charge in [0.2, 0.25) is 10.0 Å². The predicted octanol–water partition coefficient (Wildman–Crippen LogP) is 2.60. The number of nitrogens with zero attached hydrogens (tertiary/aromatic N) is 1. The molecule has 0 aromatic heterocycles. The number of sulfonamides is 1. The van der Waals surface area contributed by atoms with Gasteiger partial charge < -0.3 is 5.32 Å². The Morgan fingerprint density at radius 2 is 2.10 bits per heavy atom. The lowest BCUT2D eigenvalue weighted by molar-refractivity contribution is 0.434. The van der Waals surface area contributed by atoms with Gasteiger partial charge in [-0.25, -0.2) is 8.42 Å². The first kappa shape index (κ1) is 17.3. The van der Waals surface area contributed by atoms with Gasteiger partial charge in [0.1, 0.15) is 0 Å². The summed E-state index contributed by atoms with van der Waals surface area (Å²) in [5.74, 6) is 1.91. The topological polar surface area (TPSA) is 49.4 Å². The van der Waals surface area contributed by atoms with Crippen LogP contribution in [0.3, 0.4) is 0 Å². The van der Waals surface area contributed by atoms with E-state index in [-0.39, 0.29) is 0 Å². The van der Waals surface area contributed by atoms with E-state index in [1.165, 1.54) is 0 Å². The maximum atomic E-state index is 12.9. The van der Waals surface area contributed by atoms with Crippen molar-refractivity contribution in [2.45, 2.75) is 24.8 Å². The third kappa shape index (κ3) is 4.01. The Labute approximate surface area is 139 Å². The van der Waals surface area contributed by atoms with Crippen LogP contribution in [-0.2, 0) is 16.6 Å². The molecule has 1 saturated heterocycles. The van der Waals surface area contributed by atoms with Crippen LogP contribution in [0.2, 0.25) is 0 Å². The average molecular weight is 393 g/mol. The van der Waals surface area contributed by atoms with Gasteiger partial charge in [-0.2, -0.15) is 16.1 Å². The number of benzene rings is 1.